The van der Waals surface area contributed by atoms with Gasteiger partial charge in [0.05, 0.1) is 38.5 Å². The quantitative estimate of drug-likeness (QED) is 0.0164. The Bertz CT molecular complexity index is 4880. The summed E-state index contributed by atoms with van der Waals surface area (Å²) in [6, 6.07) is -20.7. The number of benzene rings is 1. The van der Waals surface area contributed by atoms with E-state index in [1.807, 2.05) is 5.32 Å². The van der Waals surface area contributed by atoms with E-state index in [4.69, 9.17) is 49.4 Å². The number of hydrogen-bond donors (Lipinski definition) is 32. The number of aliphatic hydroxyl groups is 1. The lowest BCUT2D eigenvalue weighted by molar-refractivity contribution is -0.147. The third-order valence-corrected chi connectivity index (χ3v) is 24.1. The Morgan fingerprint density at radius 3 is 1.16 bits per heavy atom. The smallest absolute Gasteiger partial charge is 0.326 e. The highest BCUT2D eigenvalue weighted by Crippen LogP contribution is 2.26. The molecule has 19 atom stereocenters. The van der Waals surface area contributed by atoms with Crippen LogP contribution in [0, 0.1) is 45.8 Å². The molecule has 0 radical (unpaired) electrons. The highest BCUT2D eigenvalue weighted by atomic mass is 16.4. The van der Waals surface area contributed by atoms with E-state index in [2.05, 4.69) is 95.7 Å². The van der Waals surface area contributed by atoms with Gasteiger partial charge in [-0.05, 0) is 126 Å². The summed E-state index contributed by atoms with van der Waals surface area (Å²) in [4.78, 5) is 316. The molecule has 149 heavy (non-hydrogen) atoms. The first-order valence-corrected chi connectivity index (χ1v) is 49.0. The number of rotatable bonds is 66. The van der Waals surface area contributed by atoms with Crippen molar-refractivity contribution in [1.82, 2.24) is 111 Å². The molecule has 0 saturated carbocycles. The first kappa shape index (κ1) is 128. The van der Waals surface area contributed by atoms with Crippen molar-refractivity contribution in [3.63, 3.8) is 0 Å². The Morgan fingerprint density at radius 2 is 0.732 bits per heavy atom. The number of aliphatic carboxylic acids is 5. The first-order chi connectivity index (χ1) is 69.8. The Labute approximate surface area is 860 Å². The molecular weight excluding hydrogens is 1960 g/mol. The van der Waals surface area contributed by atoms with Gasteiger partial charge < -0.3 is 164 Å². The highest BCUT2D eigenvalue weighted by molar-refractivity contribution is 6.03. The van der Waals surface area contributed by atoms with Crippen LogP contribution in [0.2, 0.25) is 0 Å². The van der Waals surface area contributed by atoms with Gasteiger partial charge >= 0.3 is 29.8 Å². The molecule has 36 N–H and O–H groups in total. The third-order valence-electron chi connectivity index (χ3n) is 24.1. The van der Waals surface area contributed by atoms with Gasteiger partial charge in [-0.15, -0.1) is 0 Å². The Hall–Kier alpha value is -15.2. The van der Waals surface area contributed by atoms with Crippen LogP contribution in [-0.2, 0) is 117 Å². The molecule has 2 saturated heterocycles. The van der Waals surface area contributed by atoms with Crippen LogP contribution in [0.5, 0.6) is 0 Å². The molecule has 0 spiro atoms. The molecule has 2 fully saturated rings. The van der Waals surface area contributed by atoms with E-state index in [0.717, 1.165) is 6.92 Å². The molecule has 1 aromatic carbocycles. The zero-order chi connectivity index (χ0) is 113. The average Bonchev–Trinajstić information content (AvgIpc) is 1.68. The maximum absolute atomic E-state index is 14.9. The number of hydrogen-bond acceptors (Lipinski definition) is 28. The second kappa shape index (κ2) is 64.0. The number of nitrogens with zero attached hydrogens (tertiary/aromatic N) is 2. The van der Waals surface area contributed by atoms with Crippen LogP contribution >= 0.6 is 0 Å². The molecule has 0 unspecified atom stereocenters. The second-order valence-corrected chi connectivity index (χ2v) is 37.9. The van der Waals surface area contributed by atoms with Crippen LogP contribution in [0.15, 0.2) is 30.3 Å². The van der Waals surface area contributed by atoms with Crippen LogP contribution in [0.3, 0.4) is 0 Å². The van der Waals surface area contributed by atoms with Gasteiger partial charge in [-0.2, -0.15) is 0 Å². The molecule has 2 heterocycles. The van der Waals surface area contributed by atoms with Crippen LogP contribution in [0.1, 0.15) is 198 Å². The Morgan fingerprint density at radius 1 is 0.376 bits per heavy atom. The van der Waals surface area contributed by atoms with Crippen molar-refractivity contribution in [2.24, 2.45) is 52.5 Å². The van der Waals surface area contributed by atoms with Gasteiger partial charge in [0.2, 0.25) is 106 Å². The molecule has 2 aliphatic heterocycles. The molecule has 832 valence electrons. The number of guanidine groups is 3. The number of likely N-dealkylation sites (tertiary alicyclic amines) is 2. The average molecular weight is 2110 g/mol. The number of carbonyl (C=O) groups excluding carboxylic acids is 18. The standard InChI is InChI=1S/C92H150N28O29/c1-13-47(10)71(118-84(143)62-28-21-35-120(62)87(146)70(46(8)9)117-81(140)58(39-66(127)128)112-78(137)55(36-43(2)3)109-74(133)51(93)29-30-64(123)124)88(147)119-34-20-27-61(119)83(142)103-41-63(122)106-52(24-17-31-100-90(94)95)75(134)110-56(37-50-22-15-14-16-23-50)79(138)111-57(38-65(125)126)80(139)108-53(25-18-32-101-91(96)97)76(135)107-54(26-19-33-102-92(98)99)77(136)115-69(45(6)7)86(145)114-60(42-121)82(141)116-68(44(4)5)85(144)105-48(11)72(131)104-49(12)73(132)113-59(89(148)149)40-67(129)130/h14-16,22-23,43-49,51-62,68-71,121H,13,17-21,24-42,93H2,1-12H3,(H,103,142)(H,104,131)(H,105,144)(H,106,122)(H,107,135)(H,108,139)(H,109,133)(H,110,134)(H,111,138)(H,112,137)(H,113,132)(H,114,145)(H,115,136)(H,116,141)(H,117,140)(H,118,143)(H,123,124)(H,125,126)(H,127,128)(H,129,130)(H,148,149)(H4,94,95,100)(H4,96,97,101)(H4,98,99,102)/t47-,48-,49-,51-,52-,53-,54-,55-,56-,57-,58-,59-,60-,61-,62-,68-,69-,70-,71-/m0/s1. The van der Waals surface area contributed by atoms with Gasteiger partial charge in [-0.25, -0.2) is 4.79 Å². The lowest BCUT2D eigenvalue weighted by Gasteiger charge is -2.34. The molecule has 0 aliphatic carbocycles. The topological polar surface area (TPSA) is 925 Å². The number of amides is 18. The normalized spacial score (nSPS) is 16.6. The van der Waals surface area contributed by atoms with Crippen molar-refractivity contribution < 1.29 is 141 Å². The summed E-state index contributed by atoms with van der Waals surface area (Å²) in [5.74, 6) is -30.8. The van der Waals surface area contributed by atoms with Crippen molar-refractivity contribution in [2.45, 2.75) is 307 Å². The fourth-order valence-corrected chi connectivity index (χ4v) is 15.6. The maximum Gasteiger partial charge on any atom is 0.326 e. The molecule has 1 aromatic rings. The predicted octanol–water partition coefficient (Wildman–Crippen LogP) is -8.82. The first-order valence-electron chi connectivity index (χ1n) is 49.0. The summed E-state index contributed by atoms with van der Waals surface area (Å²) in [6.07, 6.45) is -4.65. The summed E-state index contributed by atoms with van der Waals surface area (Å²) in [6.45, 7) is 15.8. The van der Waals surface area contributed by atoms with Gasteiger partial charge in [0.15, 0.2) is 17.9 Å². The Balaban J connectivity index is 1.94. The molecule has 0 bridgehead atoms. The van der Waals surface area contributed by atoms with E-state index in [1.165, 1.54) is 44.4 Å². The van der Waals surface area contributed by atoms with Crippen molar-refractivity contribution in [3.8, 4) is 0 Å². The maximum atomic E-state index is 14.9. The summed E-state index contributed by atoms with van der Waals surface area (Å²) in [5.41, 5.74) is 22.9. The van der Waals surface area contributed by atoms with Gasteiger partial charge in [0, 0.05) is 45.6 Å². The highest BCUT2D eigenvalue weighted by Gasteiger charge is 2.46. The van der Waals surface area contributed by atoms with Crippen molar-refractivity contribution in [1.29, 1.82) is 16.2 Å². The monoisotopic (exact) mass is 2110 g/mol. The van der Waals surface area contributed by atoms with Crippen LogP contribution in [0.4, 0.5) is 0 Å². The number of carboxylic acids is 5. The van der Waals surface area contributed by atoms with Gasteiger partial charge in [-0.1, -0.05) is 106 Å². The lowest BCUT2D eigenvalue weighted by atomic mass is 9.96. The second-order valence-electron chi connectivity index (χ2n) is 37.9. The minimum absolute atomic E-state index is 0.0165. The van der Waals surface area contributed by atoms with Crippen molar-refractivity contribution in [3.05, 3.63) is 35.9 Å². The molecule has 0 aromatic heterocycles. The summed E-state index contributed by atoms with van der Waals surface area (Å²) < 4.78 is 0. The minimum atomic E-state index is -2.12. The summed E-state index contributed by atoms with van der Waals surface area (Å²) >= 11 is 0. The zero-order valence-corrected chi connectivity index (χ0v) is 85.6. The van der Waals surface area contributed by atoms with Crippen LogP contribution in [0.25, 0.3) is 0 Å². The fraction of sp³-hybridized carbons (Fsp3) is 0.652. The van der Waals surface area contributed by atoms with E-state index in [-0.39, 0.29) is 116 Å². The van der Waals surface area contributed by atoms with Gasteiger partial charge in [-0.3, -0.25) is 122 Å². The fourth-order valence-electron chi connectivity index (χ4n) is 15.6. The zero-order valence-electron chi connectivity index (χ0n) is 85.6. The van der Waals surface area contributed by atoms with Gasteiger partial charge in [0.25, 0.3) is 0 Å². The van der Waals surface area contributed by atoms with Crippen LogP contribution < -0.4 is 124 Å². The molecule has 57 heteroatoms. The number of carboxylic acid groups (broad SMARTS) is 5. The molecule has 57 nitrogen and oxygen atoms in total. The largest absolute Gasteiger partial charge is 0.481 e. The number of carbonyl (C=O) groups is 23. The molecular formula is C92H150N28O29. The summed E-state index contributed by atoms with van der Waals surface area (Å²) in [7, 11) is 0. The summed E-state index contributed by atoms with van der Waals surface area (Å²) in [5, 5.41) is 128. The van der Waals surface area contributed by atoms with E-state index in [9.17, 15) is 131 Å². The van der Waals surface area contributed by atoms with Gasteiger partial charge in [0.1, 0.15) is 103 Å². The molecule has 18 amide bonds. The molecule has 3 rings (SSSR count). The Kier molecular flexibility index (Phi) is 54.9. The number of nitrogens with two attached hydrogens (primary N) is 4. The van der Waals surface area contributed by atoms with Crippen LogP contribution in [-0.4, -0.2) is 349 Å². The van der Waals surface area contributed by atoms with E-state index in [0.29, 0.717) is 5.56 Å². The van der Waals surface area contributed by atoms with Crippen molar-refractivity contribution >= 4 is 154 Å². The third kappa shape index (κ3) is 45.3. The van der Waals surface area contributed by atoms with E-state index in [1.54, 1.807) is 71.9 Å². The predicted molar refractivity (Wildman–Crippen MR) is 530 cm³/mol. The number of aliphatic hydroxyl groups excluding tert-OH is 1. The van der Waals surface area contributed by atoms with E-state index < -0.39 is 338 Å². The SMILES string of the molecule is CC[C@H](C)[C@H](NC(=O)[C@@H]1CCCN1C(=O)[C@@H](NC(=O)[C@H](CC(=O)O)NC(=O)[C@H](CC(C)C)NC(=O)[C@@H](N)CCC(=O)O)C(C)C)C(=O)N1CCC[C@H]1C(=O)NCC(=O)N[C@@H](CCCNC(=N)N)C(=O)N[C@@H](Cc1ccccc1)C(=O)N[C@@H](CC(=O)O)C(=O)N[C@@H](CCCNC(=N)N)C(=O)N[C@@H](CCCNC(=N)N)C(=O)N[C@H](C(=O)N[C@@H](CO)C(=O)N[C@H](C(=O)N[C@@H](C)C(=O)N[C@@H](C)C(=O)N[C@@H](CC(=O)O)C(=O)O)C(C)C)C(C)C. The molecule has 2 aliphatic rings. The number of nitrogens with one attached hydrogen (secondary N) is 22. The lowest BCUT2D eigenvalue weighted by Crippen LogP contribution is -2.62. The van der Waals surface area contributed by atoms with Crippen molar-refractivity contribution in [2.75, 3.05) is 45.9 Å². The van der Waals surface area contributed by atoms with E-state index >= 15 is 0 Å². The minimum Gasteiger partial charge on any atom is -0.481 e.